The van der Waals surface area contributed by atoms with Crippen LogP contribution >= 0.6 is 0 Å². The van der Waals surface area contributed by atoms with Gasteiger partial charge >= 0.3 is 0 Å². The minimum absolute atomic E-state index is 0.181. The van der Waals surface area contributed by atoms with Crippen LogP contribution < -0.4 is 5.32 Å². The van der Waals surface area contributed by atoms with E-state index in [1.807, 2.05) is 6.92 Å². The van der Waals surface area contributed by atoms with Gasteiger partial charge in [0.1, 0.15) is 0 Å². The number of nitrogens with one attached hydrogen (secondary N) is 1. The minimum Gasteiger partial charge on any atom is -0.380 e. The highest BCUT2D eigenvalue weighted by Crippen LogP contribution is 2.06. The van der Waals surface area contributed by atoms with Gasteiger partial charge in [0.05, 0.1) is 12.4 Å². The molecule has 0 aliphatic carbocycles. The Morgan fingerprint density at radius 3 is 2.87 bits per heavy atom. The number of ether oxygens (including phenoxy) is 1. The fraction of sp³-hybridized carbons (Fsp3) is 1.00. The third-order valence-electron chi connectivity index (χ3n) is 2.36. The molecule has 1 heterocycles. The summed E-state index contributed by atoms with van der Waals surface area (Å²) in [5.41, 5.74) is 0. The maximum absolute atomic E-state index is 11.8. The van der Waals surface area contributed by atoms with E-state index in [2.05, 4.69) is 5.32 Å². The topological polar surface area (TPSA) is 58.6 Å². The number of rotatable bonds is 5. The van der Waals surface area contributed by atoms with Crippen molar-refractivity contribution in [2.45, 2.75) is 13.3 Å². The van der Waals surface area contributed by atoms with Crippen LogP contribution in [0.4, 0.5) is 0 Å². The molecule has 1 aliphatic heterocycles. The highest BCUT2D eigenvalue weighted by atomic mass is 32.2. The molecule has 0 saturated carbocycles. The van der Waals surface area contributed by atoms with Crippen molar-refractivity contribution in [2.75, 3.05) is 45.1 Å². The summed E-state index contributed by atoms with van der Waals surface area (Å²) >= 11 is 0. The van der Waals surface area contributed by atoms with Gasteiger partial charge < -0.3 is 10.1 Å². The molecule has 0 bridgehead atoms. The smallest absolute Gasteiger partial charge is 0.215 e. The molecular formula is C9H20N2O3S. The normalized spacial score (nSPS) is 20.1. The summed E-state index contributed by atoms with van der Waals surface area (Å²) < 4.78 is 30.4. The van der Waals surface area contributed by atoms with Crippen LogP contribution in [0.15, 0.2) is 0 Å². The van der Waals surface area contributed by atoms with E-state index >= 15 is 0 Å². The Hall–Kier alpha value is -0.170. The Bertz CT molecular complexity index is 259. The van der Waals surface area contributed by atoms with Crippen LogP contribution in [0.2, 0.25) is 0 Å². The first-order chi connectivity index (χ1) is 7.17. The second-order valence-electron chi connectivity index (χ2n) is 3.53. The van der Waals surface area contributed by atoms with Gasteiger partial charge in [-0.25, -0.2) is 8.42 Å². The SMILES string of the molecule is CCNCCS(=O)(=O)N1CCCOCC1. The van der Waals surface area contributed by atoms with E-state index in [9.17, 15) is 8.42 Å². The molecule has 0 aromatic carbocycles. The van der Waals surface area contributed by atoms with Gasteiger partial charge in [0, 0.05) is 26.2 Å². The number of hydrogen-bond donors (Lipinski definition) is 1. The first kappa shape index (κ1) is 12.9. The van der Waals surface area contributed by atoms with Gasteiger partial charge in [-0.1, -0.05) is 6.92 Å². The van der Waals surface area contributed by atoms with E-state index < -0.39 is 10.0 Å². The zero-order valence-electron chi connectivity index (χ0n) is 9.24. The summed E-state index contributed by atoms with van der Waals surface area (Å²) in [6, 6.07) is 0. The van der Waals surface area contributed by atoms with Crippen LogP contribution in [0.3, 0.4) is 0 Å². The van der Waals surface area contributed by atoms with E-state index in [4.69, 9.17) is 4.74 Å². The van der Waals surface area contributed by atoms with Crippen LogP contribution in [0.5, 0.6) is 0 Å². The molecule has 0 unspecified atom stereocenters. The zero-order valence-corrected chi connectivity index (χ0v) is 10.1. The fourth-order valence-corrected chi connectivity index (χ4v) is 2.93. The predicted octanol–water partition coefficient (Wildman–Crippen LogP) is -0.352. The monoisotopic (exact) mass is 236 g/mol. The first-order valence-electron chi connectivity index (χ1n) is 5.43. The van der Waals surface area contributed by atoms with Gasteiger partial charge in [0.25, 0.3) is 0 Å². The Labute approximate surface area is 91.8 Å². The Morgan fingerprint density at radius 2 is 2.13 bits per heavy atom. The molecule has 0 amide bonds. The molecule has 1 saturated heterocycles. The number of sulfonamides is 1. The quantitative estimate of drug-likeness (QED) is 0.663. The van der Waals surface area contributed by atoms with Gasteiger partial charge in [0.2, 0.25) is 10.0 Å². The van der Waals surface area contributed by atoms with Crippen LogP contribution in [0, 0.1) is 0 Å². The summed E-state index contributed by atoms with van der Waals surface area (Å²) in [5.74, 6) is 0.181. The van der Waals surface area contributed by atoms with Crippen molar-refractivity contribution in [3.8, 4) is 0 Å². The van der Waals surface area contributed by atoms with E-state index in [0.717, 1.165) is 13.0 Å². The molecule has 0 aromatic rings. The van der Waals surface area contributed by atoms with Crippen molar-refractivity contribution >= 4 is 10.0 Å². The summed E-state index contributed by atoms with van der Waals surface area (Å²) in [5, 5.41) is 3.02. The van der Waals surface area contributed by atoms with Crippen molar-refractivity contribution in [3.05, 3.63) is 0 Å². The maximum Gasteiger partial charge on any atom is 0.215 e. The predicted molar refractivity (Wildman–Crippen MR) is 59.3 cm³/mol. The van der Waals surface area contributed by atoms with Crippen LogP contribution in [-0.4, -0.2) is 57.9 Å². The Balaban J connectivity index is 2.43. The van der Waals surface area contributed by atoms with Crippen molar-refractivity contribution in [1.82, 2.24) is 9.62 Å². The Kier molecular flexibility index (Phi) is 5.52. The summed E-state index contributed by atoms with van der Waals surface area (Å²) in [7, 11) is -3.09. The molecule has 0 aromatic heterocycles. The molecule has 6 heteroatoms. The zero-order chi connectivity index (χ0) is 11.1. The summed E-state index contributed by atoms with van der Waals surface area (Å²) in [6.45, 7) is 5.56. The third-order valence-corrected chi connectivity index (χ3v) is 4.23. The molecule has 90 valence electrons. The number of nitrogens with zero attached hydrogens (tertiary/aromatic N) is 1. The van der Waals surface area contributed by atoms with Crippen molar-refractivity contribution in [2.24, 2.45) is 0 Å². The average Bonchev–Trinajstić information content (AvgIpc) is 2.46. The molecule has 15 heavy (non-hydrogen) atoms. The van der Waals surface area contributed by atoms with Gasteiger partial charge in [-0.15, -0.1) is 0 Å². The molecule has 5 nitrogen and oxygen atoms in total. The molecule has 1 rings (SSSR count). The molecular weight excluding hydrogens is 216 g/mol. The maximum atomic E-state index is 11.8. The van der Waals surface area contributed by atoms with Crippen molar-refractivity contribution in [1.29, 1.82) is 0 Å². The highest BCUT2D eigenvalue weighted by Gasteiger charge is 2.22. The average molecular weight is 236 g/mol. The van der Waals surface area contributed by atoms with Gasteiger partial charge in [0.15, 0.2) is 0 Å². The van der Waals surface area contributed by atoms with Crippen LogP contribution in [0.1, 0.15) is 13.3 Å². The largest absolute Gasteiger partial charge is 0.380 e. The molecule has 0 radical (unpaired) electrons. The van der Waals surface area contributed by atoms with Gasteiger partial charge in [-0.2, -0.15) is 4.31 Å². The summed E-state index contributed by atoms with van der Waals surface area (Å²) in [4.78, 5) is 0. The van der Waals surface area contributed by atoms with Crippen LogP contribution in [-0.2, 0) is 14.8 Å². The number of hydrogen-bond acceptors (Lipinski definition) is 4. The first-order valence-corrected chi connectivity index (χ1v) is 7.04. The standard InChI is InChI=1S/C9H20N2O3S/c1-2-10-4-9-15(12,13)11-5-3-7-14-8-6-11/h10H,2-9H2,1H3. The van der Waals surface area contributed by atoms with E-state index in [0.29, 0.717) is 32.8 Å². The van der Waals surface area contributed by atoms with Gasteiger partial charge in [-0.05, 0) is 13.0 Å². The lowest BCUT2D eigenvalue weighted by molar-refractivity contribution is 0.148. The molecule has 1 N–H and O–H groups in total. The second-order valence-corrected chi connectivity index (χ2v) is 5.62. The Morgan fingerprint density at radius 1 is 1.33 bits per heavy atom. The highest BCUT2D eigenvalue weighted by molar-refractivity contribution is 7.89. The molecule has 1 aliphatic rings. The van der Waals surface area contributed by atoms with Crippen LogP contribution in [0.25, 0.3) is 0 Å². The molecule has 0 atom stereocenters. The molecule has 1 fully saturated rings. The van der Waals surface area contributed by atoms with Gasteiger partial charge in [-0.3, -0.25) is 0 Å². The fourth-order valence-electron chi connectivity index (χ4n) is 1.51. The summed E-state index contributed by atoms with van der Waals surface area (Å²) in [6.07, 6.45) is 0.792. The van der Waals surface area contributed by atoms with E-state index in [1.54, 1.807) is 0 Å². The van der Waals surface area contributed by atoms with E-state index in [1.165, 1.54) is 4.31 Å². The lowest BCUT2D eigenvalue weighted by atomic mass is 10.5. The third kappa shape index (κ3) is 4.46. The second kappa shape index (κ2) is 6.42. The van der Waals surface area contributed by atoms with E-state index in [-0.39, 0.29) is 5.75 Å². The van der Waals surface area contributed by atoms with Crippen molar-refractivity contribution < 1.29 is 13.2 Å². The lowest BCUT2D eigenvalue weighted by Gasteiger charge is -2.19. The van der Waals surface area contributed by atoms with Crippen molar-refractivity contribution in [3.63, 3.8) is 0 Å². The molecule has 0 spiro atoms. The lowest BCUT2D eigenvalue weighted by Crippen LogP contribution is -2.37. The minimum atomic E-state index is -3.09.